The monoisotopic (exact) mass is 394 g/mol. The molecule has 0 heterocycles. The van der Waals surface area contributed by atoms with Crippen molar-refractivity contribution in [2.45, 2.75) is 12.6 Å². The molecule has 0 saturated heterocycles. The summed E-state index contributed by atoms with van der Waals surface area (Å²) in [7, 11) is 1.21. The summed E-state index contributed by atoms with van der Waals surface area (Å²) >= 11 is 11.9. The van der Waals surface area contributed by atoms with Gasteiger partial charge in [-0.05, 0) is 24.3 Å². The molecule has 0 radical (unpaired) electrons. The van der Waals surface area contributed by atoms with Gasteiger partial charge in [0.1, 0.15) is 6.61 Å². The Hall–Kier alpha value is -2.57. The molecule has 0 saturated carbocycles. The quantitative estimate of drug-likeness (QED) is 0.443. The van der Waals surface area contributed by atoms with Crippen molar-refractivity contribution in [3.63, 3.8) is 0 Å². The van der Waals surface area contributed by atoms with Crippen LogP contribution < -0.4 is 5.32 Å². The van der Waals surface area contributed by atoms with Crippen molar-refractivity contribution in [3.8, 4) is 0 Å². The van der Waals surface area contributed by atoms with Gasteiger partial charge >= 0.3 is 5.97 Å². The molecule has 0 bridgehead atoms. The first-order valence-electron chi connectivity index (χ1n) is 7.54. The van der Waals surface area contributed by atoms with Crippen molar-refractivity contribution in [2.24, 2.45) is 5.16 Å². The highest BCUT2D eigenvalue weighted by Gasteiger charge is 2.20. The third-order valence-corrected chi connectivity index (χ3v) is 3.88. The molecule has 8 heteroatoms. The summed E-state index contributed by atoms with van der Waals surface area (Å²) in [6.07, 6.45) is 1.15. The maximum Gasteiger partial charge on any atom is 0.334 e. The number of carbonyl (C=O) groups is 2. The molecule has 136 valence electrons. The number of methoxy groups -OCH3 is 1. The van der Waals surface area contributed by atoms with Crippen LogP contribution in [-0.2, 0) is 21.0 Å². The molecule has 0 fully saturated rings. The number of esters is 1. The van der Waals surface area contributed by atoms with Crippen LogP contribution in [0.25, 0.3) is 0 Å². The van der Waals surface area contributed by atoms with Crippen molar-refractivity contribution < 1.29 is 19.2 Å². The van der Waals surface area contributed by atoms with E-state index in [1.54, 1.807) is 48.5 Å². The van der Waals surface area contributed by atoms with Gasteiger partial charge < -0.3 is 14.9 Å². The van der Waals surface area contributed by atoms with E-state index in [9.17, 15) is 9.59 Å². The summed E-state index contributed by atoms with van der Waals surface area (Å²) in [5.74, 6) is -1.11. The smallest absolute Gasteiger partial charge is 0.334 e. The Kier molecular flexibility index (Phi) is 7.44. The van der Waals surface area contributed by atoms with Crippen molar-refractivity contribution in [1.29, 1.82) is 0 Å². The number of benzene rings is 2. The number of hydrogen-bond donors (Lipinski definition) is 1. The van der Waals surface area contributed by atoms with Gasteiger partial charge in [0.25, 0.3) is 5.91 Å². The van der Waals surface area contributed by atoms with Gasteiger partial charge in [0, 0.05) is 21.2 Å². The number of oxime groups is 1. The lowest BCUT2D eigenvalue weighted by Crippen LogP contribution is -2.42. The predicted octanol–water partition coefficient (Wildman–Crippen LogP) is 3.47. The van der Waals surface area contributed by atoms with Crippen molar-refractivity contribution in [3.05, 3.63) is 69.7 Å². The van der Waals surface area contributed by atoms with Crippen molar-refractivity contribution in [2.75, 3.05) is 7.11 Å². The first kappa shape index (κ1) is 19.8. The normalized spacial score (nSPS) is 11.8. The second-order valence-electron chi connectivity index (χ2n) is 5.10. The SMILES string of the molecule is COC(=O)C(/C=N\OCc1ccc(Cl)cc1Cl)NC(=O)c1ccccc1. The van der Waals surface area contributed by atoms with Crippen LogP contribution in [0.2, 0.25) is 10.0 Å². The molecule has 2 aromatic carbocycles. The zero-order chi connectivity index (χ0) is 18.9. The lowest BCUT2D eigenvalue weighted by Gasteiger charge is -2.12. The van der Waals surface area contributed by atoms with Gasteiger partial charge in [0.2, 0.25) is 0 Å². The molecule has 1 N–H and O–H groups in total. The number of carbonyl (C=O) groups excluding carboxylic acids is 2. The molecule has 1 amide bonds. The number of rotatable bonds is 7. The lowest BCUT2D eigenvalue weighted by atomic mass is 10.2. The van der Waals surface area contributed by atoms with E-state index in [2.05, 4.69) is 15.2 Å². The van der Waals surface area contributed by atoms with Crippen LogP contribution in [0.5, 0.6) is 0 Å². The summed E-state index contributed by atoms with van der Waals surface area (Å²) in [4.78, 5) is 29.1. The highest BCUT2D eigenvalue weighted by Crippen LogP contribution is 2.21. The molecule has 26 heavy (non-hydrogen) atoms. The Bertz CT molecular complexity index is 797. The maximum absolute atomic E-state index is 12.2. The second kappa shape index (κ2) is 9.79. The standard InChI is InChI=1S/C18H16Cl2N2O4/c1-25-18(24)16(22-17(23)12-5-3-2-4-6-12)10-21-26-11-13-7-8-14(19)9-15(13)20/h2-10,16H,11H2,1H3,(H,22,23)/b21-10-. The molecule has 1 unspecified atom stereocenters. The minimum atomic E-state index is -1.09. The summed E-state index contributed by atoms with van der Waals surface area (Å²) in [6, 6.07) is 12.3. The van der Waals surface area contributed by atoms with Crippen LogP contribution in [0, 0.1) is 0 Å². The highest BCUT2D eigenvalue weighted by molar-refractivity contribution is 6.35. The van der Waals surface area contributed by atoms with E-state index in [1.165, 1.54) is 7.11 Å². The minimum Gasteiger partial charge on any atom is -0.467 e. The topological polar surface area (TPSA) is 77.0 Å². The zero-order valence-electron chi connectivity index (χ0n) is 13.8. The molecule has 0 aliphatic carbocycles. The molecule has 0 aromatic heterocycles. The van der Waals surface area contributed by atoms with E-state index in [0.717, 1.165) is 6.21 Å². The molecular formula is C18H16Cl2N2O4. The fourth-order valence-corrected chi connectivity index (χ4v) is 2.41. The fraction of sp³-hybridized carbons (Fsp3) is 0.167. The van der Waals surface area contributed by atoms with Crippen LogP contribution in [0.15, 0.2) is 53.7 Å². The zero-order valence-corrected chi connectivity index (χ0v) is 15.3. The Balaban J connectivity index is 1.97. The third-order valence-electron chi connectivity index (χ3n) is 3.30. The van der Waals surface area contributed by atoms with Crippen LogP contribution in [0.4, 0.5) is 0 Å². The average molecular weight is 395 g/mol. The molecule has 2 aromatic rings. The van der Waals surface area contributed by atoms with Gasteiger partial charge in [-0.25, -0.2) is 4.79 Å². The van der Waals surface area contributed by atoms with Crippen LogP contribution in [0.1, 0.15) is 15.9 Å². The summed E-state index contributed by atoms with van der Waals surface area (Å²) in [5, 5.41) is 7.18. The highest BCUT2D eigenvalue weighted by atomic mass is 35.5. The van der Waals surface area contributed by atoms with Gasteiger partial charge in [-0.15, -0.1) is 0 Å². The van der Waals surface area contributed by atoms with Gasteiger partial charge in [0.05, 0.1) is 13.3 Å². The number of ether oxygens (including phenoxy) is 1. The maximum atomic E-state index is 12.2. The largest absolute Gasteiger partial charge is 0.467 e. The number of hydrogen-bond acceptors (Lipinski definition) is 5. The van der Waals surface area contributed by atoms with E-state index < -0.39 is 17.9 Å². The van der Waals surface area contributed by atoms with Gasteiger partial charge in [0.15, 0.2) is 6.04 Å². The Morgan fingerprint density at radius 2 is 1.92 bits per heavy atom. The fourth-order valence-electron chi connectivity index (χ4n) is 1.95. The van der Waals surface area contributed by atoms with Crippen LogP contribution in [0.3, 0.4) is 0 Å². The van der Waals surface area contributed by atoms with Crippen LogP contribution >= 0.6 is 23.2 Å². The number of halogens is 2. The first-order valence-corrected chi connectivity index (χ1v) is 8.30. The lowest BCUT2D eigenvalue weighted by molar-refractivity contribution is -0.140. The Morgan fingerprint density at radius 1 is 1.19 bits per heavy atom. The summed E-state index contributed by atoms with van der Waals surface area (Å²) < 4.78 is 4.66. The molecule has 0 aliphatic heterocycles. The van der Waals surface area contributed by atoms with Gasteiger partial charge in [-0.2, -0.15) is 0 Å². The molecule has 0 aliphatic rings. The van der Waals surface area contributed by atoms with Gasteiger partial charge in [-0.1, -0.05) is 52.6 Å². The molecular weight excluding hydrogens is 379 g/mol. The van der Waals surface area contributed by atoms with E-state index in [0.29, 0.717) is 21.2 Å². The number of nitrogens with zero attached hydrogens (tertiary/aromatic N) is 1. The second-order valence-corrected chi connectivity index (χ2v) is 5.95. The number of amides is 1. The Labute approximate surface area is 160 Å². The predicted molar refractivity (Wildman–Crippen MR) is 99.5 cm³/mol. The molecule has 0 spiro atoms. The minimum absolute atomic E-state index is 0.0764. The van der Waals surface area contributed by atoms with E-state index in [-0.39, 0.29) is 6.61 Å². The summed E-state index contributed by atoms with van der Waals surface area (Å²) in [5.41, 5.74) is 1.08. The number of nitrogens with one attached hydrogen (secondary N) is 1. The third kappa shape index (κ3) is 5.75. The molecule has 1 atom stereocenters. The van der Waals surface area contributed by atoms with Crippen molar-refractivity contribution >= 4 is 41.3 Å². The van der Waals surface area contributed by atoms with Crippen LogP contribution in [-0.4, -0.2) is 31.2 Å². The molecule has 6 nitrogen and oxygen atoms in total. The van der Waals surface area contributed by atoms with Gasteiger partial charge in [-0.3, -0.25) is 4.79 Å². The Morgan fingerprint density at radius 3 is 2.58 bits per heavy atom. The molecule has 2 rings (SSSR count). The van der Waals surface area contributed by atoms with E-state index in [1.807, 2.05) is 0 Å². The van der Waals surface area contributed by atoms with E-state index >= 15 is 0 Å². The summed E-state index contributed by atoms with van der Waals surface area (Å²) in [6.45, 7) is 0.0764. The van der Waals surface area contributed by atoms with E-state index in [4.69, 9.17) is 28.0 Å². The first-order chi connectivity index (χ1) is 12.5. The van der Waals surface area contributed by atoms with Crippen molar-refractivity contribution in [1.82, 2.24) is 5.32 Å². The average Bonchev–Trinajstić information content (AvgIpc) is 2.65.